The molecule has 1 aromatic carbocycles. The highest BCUT2D eigenvalue weighted by atomic mass is 35.5. The van der Waals surface area contributed by atoms with E-state index < -0.39 is 0 Å². The van der Waals surface area contributed by atoms with E-state index in [0.717, 1.165) is 0 Å². The van der Waals surface area contributed by atoms with Crippen molar-refractivity contribution in [2.45, 2.75) is 19.8 Å². The smallest absolute Gasteiger partial charge is 0.263 e. The van der Waals surface area contributed by atoms with Gasteiger partial charge in [0.1, 0.15) is 11.4 Å². The Bertz CT molecular complexity index is 1020. The number of benzene rings is 1. The number of amides is 1. The normalized spacial score (nSPS) is 10.9. The Kier molecular flexibility index (Phi) is 5.46. The molecule has 146 valence electrons. The molecule has 0 atom stereocenters. The minimum Gasteiger partial charge on any atom is -0.383 e. The molecule has 9 nitrogen and oxygen atoms in total. The van der Waals surface area contributed by atoms with E-state index >= 15 is 0 Å². The fraction of sp³-hybridized carbons (Fsp3) is 0.278. The highest BCUT2D eigenvalue weighted by molar-refractivity contribution is 6.34. The zero-order chi connectivity index (χ0) is 20.4. The fourth-order valence-corrected chi connectivity index (χ4v) is 2.60. The summed E-state index contributed by atoms with van der Waals surface area (Å²) in [5.74, 6) is 1.27. The van der Waals surface area contributed by atoms with Gasteiger partial charge >= 0.3 is 0 Å². The van der Waals surface area contributed by atoms with Crippen molar-refractivity contribution in [2.75, 3.05) is 25.1 Å². The number of halogens is 1. The molecule has 0 aliphatic heterocycles. The molecule has 0 spiro atoms. The molecule has 3 aromatic rings. The molecule has 3 rings (SSSR count). The maximum absolute atomic E-state index is 12.1. The zero-order valence-corrected chi connectivity index (χ0v) is 16.7. The van der Waals surface area contributed by atoms with E-state index in [1.165, 1.54) is 11.1 Å². The Morgan fingerprint density at radius 2 is 2.04 bits per heavy atom. The number of carbonyl (C=O) groups excluding carboxylic acids is 1. The summed E-state index contributed by atoms with van der Waals surface area (Å²) in [7, 11) is 3.33. The van der Waals surface area contributed by atoms with Gasteiger partial charge in [0, 0.05) is 31.9 Å². The Labute approximate surface area is 166 Å². The van der Waals surface area contributed by atoms with Gasteiger partial charge < -0.3 is 20.5 Å². The lowest BCUT2D eigenvalue weighted by molar-refractivity contribution is 0.0828. The quantitative estimate of drug-likeness (QED) is 0.667. The molecule has 10 heteroatoms. The second-order valence-corrected chi connectivity index (χ2v) is 7.03. The van der Waals surface area contributed by atoms with Crippen molar-refractivity contribution in [3.05, 3.63) is 40.8 Å². The number of hydrogen-bond donors (Lipinski definition) is 2. The van der Waals surface area contributed by atoms with Gasteiger partial charge in [0.05, 0.1) is 10.6 Å². The number of nitrogens with zero attached hydrogens (tertiary/aromatic N) is 5. The summed E-state index contributed by atoms with van der Waals surface area (Å²) >= 11 is 6.22. The number of carbonyl (C=O) groups is 1. The van der Waals surface area contributed by atoms with Crippen molar-refractivity contribution in [1.29, 1.82) is 0 Å². The van der Waals surface area contributed by atoms with Crippen LogP contribution in [0.5, 0.6) is 0 Å². The van der Waals surface area contributed by atoms with E-state index in [4.69, 9.17) is 21.9 Å². The third-order valence-electron chi connectivity index (χ3n) is 3.87. The van der Waals surface area contributed by atoms with Crippen LogP contribution in [0.4, 0.5) is 17.5 Å². The van der Waals surface area contributed by atoms with Crippen LogP contribution in [0.2, 0.25) is 5.02 Å². The van der Waals surface area contributed by atoms with E-state index in [-0.39, 0.29) is 29.5 Å². The first-order valence-electron chi connectivity index (χ1n) is 8.51. The maximum atomic E-state index is 12.1. The molecule has 2 aromatic heterocycles. The van der Waals surface area contributed by atoms with Crippen molar-refractivity contribution < 1.29 is 9.32 Å². The lowest BCUT2D eigenvalue weighted by Crippen LogP contribution is -2.21. The van der Waals surface area contributed by atoms with Gasteiger partial charge in [-0.05, 0) is 18.2 Å². The molecule has 0 bridgehead atoms. The Hall–Kier alpha value is -3.20. The second kappa shape index (κ2) is 7.81. The SMILES string of the molecule is CC(C)c1noc(-c2cnc(Nc3ccc(C(=O)N(C)C)c(Cl)c3)nc2N)n1. The van der Waals surface area contributed by atoms with E-state index in [9.17, 15) is 4.79 Å². The topological polar surface area (TPSA) is 123 Å². The van der Waals surface area contributed by atoms with Crippen molar-refractivity contribution in [2.24, 2.45) is 0 Å². The van der Waals surface area contributed by atoms with Crippen molar-refractivity contribution in [1.82, 2.24) is 25.0 Å². The first-order valence-corrected chi connectivity index (χ1v) is 8.88. The van der Waals surface area contributed by atoms with E-state index in [1.807, 2.05) is 13.8 Å². The zero-order valence-electron chi connectivity index (χ0n) is 15.9. The largest absolute Gasteiger partial charge is 0.383 e. The molecule has 0 saturated heterocycles. The third kappa shape index (κ3) is 4.04. The fourth-order valence-electron chi connectivity index (χ4n) is 2.34. The standard InChI is InChI=1S/C18H20ClN7O2/c1-9(2)15-24-16(28-25-15)12-8-21-18(23-14(12)20)22-10-5-6-11(13(19)7-10)17(27)26(3)4/h5-9H,1-4H3,(H3,20,21,22,23). The molecule has 0 aliphatic rings. The second-order valence-electron chi connectivity index (χ2n) is 6.62. The molecule has 28 heavy (non-hydrogen) atoms. The van der Waals surface area contributed by atoms with E-state index in [2.05, 4.69) is 25.4 Å². The van der Waals surface area contributed by atoms with E-state index in [1.54, 1.807) is 32.3 Å². The first-order chi connectivity index (χ1) is 13.3. The average molecular weight is 402 g/mol. The summed E-state index contributed by atoms with van der Waals surface area (Å²) in [6.07, 6.45) is 1.51. The molecular formula is C18H20ClN7O2. The highest BCUT2D eigenvalue weighted by Gasteiger charge is 2.16. The van der Waals surface area contributed by atoms with Crippen molar-refractivity contribution >= 4 is 35.0 Å². The van der Waals surface area contributed by atoms with Crippen LogP contribution in [-0.2, 0) is 0 Å². The number of nitrogens with two attached hydrogens (primary N) is 1. The van der Waals surface area contributed by atoms with Gasteiger partial charge in [-0.2, -0.15) is 9.97 Å². The summed E-state index contributed by atoms with van der Waals surface area (Å²) in [4.78, 5) is 26.3. The van der Waals surface area contributed by atoms with Crippen LogP contribution in [0.3, 0.4) is 0 Å². The van der Waals surface area contributed by atoms with Crippen LogP contribution in [0.1, 0.15) is 35.9 Å². The molecule has 0 saturated carbocycles. The minimum atomic E-state index is -0.179. The third-order valence-corrected chi connectivity index (χ3v) is 4.18. The number of nitrogens with one attached hydrogen (secondary N) is 1. The minimum absolute atomic E-state index is 0.132. The Morgan fingerprint density at radius 3 is 2.61 bits per heavy atom. The van der Waals surface area contributed by atoms with Gasteiger partial charge in [-0.15, -0.1) is 0 Å². The molecule has 2 heterocycles. The van der Waals surface area contributed by atoms with Gasteiger partial charge in [0.15, 0.2) is 5.82 Å². The highest BCUT2D eigenvalue weighted by Crippen LogP contribution is 2.27. The molecule has 0 fully saturated rings. The van der Waals surface area contributed by atoms with Crippen LogP contribution in [0.15, 0.2) is 28.9 Å². The number of hydrogen-bond acceptors (Lipinski definition) is 8. The lowest BCUT2D eigenvalue weighted by atomic mass is 10.2. The molecule has 1 amide bonds. The van der Waals surface area contributed by atoms with Gasteiger partial charge in [0.25, 0.3) is 11.8 Å². The number of aromatic nitrogens is 4. The Morgan fingerprint density at radius 1 is 1.29 bits per heavy atom. The van der Waals surface area contributed by atoms with Crippen LogP contribution < -0.4 is 11.1 Å². The predicted molar refractivity (Wildman–Crippen MR) is 107 cm³/mol. The van der Waals surface area contributed by atoms with Crippen molar-refractivity contribution in [3.8, 4) is 11.5 Å². The van der Waals surface area contributed by atoms with Gasteiger partial charge in [-0.25, -0.2) is 4.98 Å². The van der Waals surface area contributed by atoms with Gasteiger partial charge in [-0.1, -0.05) is 30.6 Å². The first kappa shape index (κ1) is 19.6. The number of rotatable bonds is 5. The number of nitrogen functional groups attached to an aromatic ring is 1. The van der Waals surface area contributed by atoms with Gasteiger partial charge in [0.2, 0.25) is 5.95 Å². The molecule has 0 unspecified atom stereocenters. The van der Waals surface area contributed by atoms with Crippen LogP contribution in [-0.4, -0.2) is 45.0 Å². The predicted octanol–water partition coefficient (Wildman–Crippen LogP) is 3.33. The molecule has 0 radical (unpaired) electrons. The van der Waals surface area contributed by atoms with Gasteiger partial charge in [-0.3, -0.25) is 4.79 Å². The summed E-state index contributed by atoms with van der Waals surface area (Å²) < 4.78 is 5.23. The number of anilines is 3. The monoisotopic (exact) mass is 401 g/mol. The Balaban J connectivity index is 1.81. The maximum Gasteiger partial charge on any atom is 0.263 e. The van der Waals surface area contributed by atoms with Crippen LogP contribution >= 0.6 is 11.6 Å². The molecule has 3 N–H and O–H groups in total. The van der Waals surface area contributed by atoms with E-state index in [0.29, 0.717) is 27.7 Å². The average Bonchev–Trinajstić information content (AvgIpc) is 3.11. The molecular weight excluding hydrogens is 382 g/mol. The summed E-state index contributed by atoms with van der Waals surface area (Å²) in [5.41, 5.74) is 7.50. The summed E-state index contributed by atoms with van der Waals surface area (Å²) in [6.45, 7) is 3.92. The van der Waals surface area contributed by atoms with Crippen LogP contribution in [0, 0.1) is 0 Å². The lowest BCUT2D eigenvalue weighted by Gasteiger charge is -2.13. The molecule has 0 aliphatic carbocycles. The van der Waals surface area contributed by atoms with Crippen molar-refractivity contribution in [3.63, 3.8) is 0 Å². The summed E-state index contributed by atoms with van der Waals surface area (Å²) in [5, 5.41) is 7.23. The van der Waals surface area contributed by atoms with Crippen LogP contribution in [0.25, 0.3) is 11.5 Å². The summed E-state index contributed by atoms with van der Waals surface area (Å²) in [6, 6.07) is 4.97.